The molecular weight excluding hydrogens is 460 g/mol. The van der Waals surface area contributed by atoms with Gasteiger partial charge in [-0.1, -0.05) is 29.8 Å². The van der Waals surface area contributed by atoms with Crippen LogP contribution in [0.4, 0.5) is 5.69 Å². The van der Waals surface area contributed by atoms with Crippen molar-refractivity contribution >= 4 is 29.1 Å². The van der Waals surface area contributed by atoms with E-state index in [4.69, 9.17) is 25.8 Å². The number of methoxy groups -OCH3 is 3. The third kappa shape index (κ3) is 5.71. The fraction of sp³-hybridized carbons (Fsp3) is 0.200. The fourth-order valence-electron chi connectivity index (χ4n) is 3.33. The molecule has 0 atom stereocenters. The van der Waals surface area contributed by atoms with Crippen molar-refractivity contribution in [3.63, 3.8) is 0 Å². The summed E-state index contributed by atoms with van der Waals surface area (Å²) < 4.78 is 16.0. The zero-order valence-corrected chi connectivity index (χ0v) is 19.7. The highest BCUT2D eigenvalue weighted by Crippen LogP contribution is 2.34. The summed E-state index contributed by atoms with van der Waals surface area (Å²) in [6.45, 7) is 0.342. The molecular formula is C25H25ClN2O6. The third-order valence-corrected chi connectivity index (χ3v) is 5.40. The minimum atomic E-state index is -0.516. The Hall–Kier alpha value is -3.91. The van der Waals surface area contributed by atoms with Crippen LogP contribution in [-0.4, -0.2) is 44.8 Å². The summed E-state index contributed by atoms with van der Waals surface area (Å²) >= 11 is 5.92. The largest absolute Gasteiger partial charge is 0.506 e. The van der Waals surface area contributed by atoms with Gasteiger partial charge < -0.3 is 30.0 Å². The number of carbonyl (C=O) groups is 2. The molecule has 3 aromatic rings. The molecule has 0 saturated carbocycles. The lowest BCUT2D eigenvalue weighted by Crippen LogP contribution is -2.27. The van der Waals surface area contributed by atoms with Crippen molar-refractivity contribution in [2.24, 2.45) is 0 Å². The Bertz CT molecular complexity index is 1200. The van der Waals surface area contributed by atoms with E-state index in [2.05, 4.69) is 10.6 Å². The van der Waals surface area contributed by atoms with Gasteiger partial charge in [0.2, 0.25) is 0 Å². The van der Waals surface area contributed by atoms with Crippen LogP contribution in [0.2, 0.25) is 5.02 Å². The molecule has 178 valence electrons. The van der Waals surface area contributed by atoms with E-state index in [-0.39, 0.29) is 27.6 Å². The van der Waals surface area contributed by atoms with Gasteiger partial charge in [-0.15, -0.1) is 0 Å². The standard InChI is InChI=1S/C25H25ClN2O6/c1-32-21-7-5-4-6-15(21)10-11-27-25(31)17-13-22(33-2)23(34-3)14-19(17)28-24(30)16-8-9-20(29)18(26)12-16/h4-9,12-14,29H,10-11H2,1-3H3,(H,27,31)(H,28,30). The summed E-state index contributed by atoms with van der Waals surface area (Å²) in [6, 6.07) is 14.6. The third-order valence-electron chi connectivity index (χ3n) is 5.10. The molecule has 3 N–H and O–H groups in total. The topological polar surface area (TPSA) is 106 Å². The van der Waals surface area contributed by atoms with Crippen molar-refractivity contribution < 1.29 is 28.9 Å². The van der Waals surface area contributed by atoms with E-state index in [0.717, 1.165) is 11.3 Å². The van der Waals surface area contributed by atoms with Crippen LogP contribution in [-0.2, 0) is 6.42 Å². The first-order valence-electron chi connectivity index (χ1n) is 10.3. The number of amides is 2. The van der Waals surface area contributed by atoms with Gasteiger partial charge in [-0.05, 0) is 42.3 Å². The van der Waals surface area contributed by atoms with E-state index >= 15 is 0 Å². The average Bonchev–Trinajstić information content (AvgIpc) is 2.85. The van der Waals surface area contributed by atoms with Crippen LogP contribution in [0.15, 0.2) is 54.6 Å². The highest BCUT2D eigenvalue weighted by molar-refractivity contribution is 6.32. The summed E-state index contributed by atoms with van der Waals surface area (Å²) in [5.74, 6) is 0.352. The first kappa shape index (κ1) is 24.7. The van der Waals surface area contributed by atoms with Crippen LogP contribution in [0, 0.1) is 0 Å². The van der Waals surface area contributed by atoms with E-state index in [1.165, 1.54) is 44.6 Å². The molecule has 0 heterocycles. The molecule has 0 aliphatic rings. The van der Waals surface area contributed by atoms with Gasteiger partial charge in [-0.2, -0.15) is 0 Å². The Morgan fingerprint density at radius 1 is 0.882 bits per heavy atom. The summed E-state index contributed by atoms with van der Waals surface area (Å²) in [7, 11) is 4.51. The number of halogens is 1. The number of hydrogen-bond acceptors (Lipinski definition) is 6. The van der Waals surface area contributed by atoms with Crippen molar-refractivity contribution in [1.29, 1.82) is 0 Å². The molecule has 0 spiro atoms. The van der Waals surface area contributed by atoms with Crippen molar-refractivity contribution in [1.82, 2.24) is 5.32 Å². The maximum absolute atomic E-state index is 13.1. The van der Waals surface area contributed by atoms with E-state index in [1.807, 2.05) is 24.3 Å². The first-order valence-corrected chi connectivity index (χ1v) is 10.7. The monoisotopic (exact) mass is 484 g/mol. The van der Waals surface area contributed by atoms with Gasteiger partial charge in [-0.3, -0.25) is 9.59 Å². The summed E-state index contributed by atoms with van der Waals surface area (Å²) in [5.41, 5.74) is 1.58. The highest BCUT2D eigenvalue weighted by Gasteiger charge is 2.20. The SMILES string of the molecule is COc1ccccc1CCNC(=O)c1cc(OC)c(OC)cc1NC(=O)c1ccc(O)c(Cl)c1. The summed E-state index contributed by atoms with van der Waals surface area (Å²) in [6.07, 6.45) is 0.552. The number of anilines is 1. The van der Waals surface area contributed by atoms with E-state index in [0.29, 0.717) is 24.5 Å². The molecule has 3 aromatic carbocycles. The number of nitrogens with one attached hydrogen (secondary N) is 2. The van der Waals surface area contributed by atoms with E-state index < -0.39 is 11.8 Å². The number of benzene rings is 3. The molecule has 3 rings (SSSR count). The smallest absolute Gasteiger partial charge is 0.255 e. The summed E-state index contributed by atoms with van der Waals surface area (Å²) in [4.78, 5) is 25.9. The van der Waals surface area contributed by atoms with Crippen molar-refractivity contribution in [3.8, 4) is 23.0 Å². The number of rotatable bonds is 9. The van der Waals surface area contributed by atoms with Crippen LogP contribution >= 0.6 is 11.6 Å². The molecule has 0 aliphatic heterocycles. The first-order chi connectivity index (χ1) is 16.4. The van der Waals surface area contributed by atoms with E-state index in [9.17, 15) is 14.7 Å². The second-order valence-corrected chi connectivity index (χ2v) is 7.60. The predicted octanol–water partition coefficient (Wildman–Crippen LogP) is 4.30. The maximum Gasteiger partial charge on any atom is 0.255 e. The number of aromatic hydroxyl groups is 1. The Balaban J connectivity index is 1.83. The molecule has 34 heavy (non-hydrogen) atoms. The van der Waals surface area contributed by atoms with Crippen molar-refractivity contribution in [2.45, 2.75) is 6.42 Å². The highest BCUT2D eigenvalue weighted by atomic mass is 35.5. The Labute approximate surface area is 202 Å². The van der Waals surface area contributed by atoms with Crippen molar-refractivity contribution in [2.75, 3.05) is 33.2 Å². The Morgan fingerprint density at radius 2 is 1.56 bits per heavy atom. The molecule has 0 fully saturated rings. The number of para-hydroxylation sites is 1. The van der Waals surface area contributed by atoms with Gasteiger partial charge in [0, 0.05) is 18.2 Å². The van der Waals surface area contributed by atoms with Gasteiger partial charge in [0.25, 0.3) is 11.8 Å². The van der Waals surface area contributed by atoms with Crippen molar-refractivity contribution in [3.05, 3.63) is 76.3 Å². The lowest BCUT2D eigenvalue weighted by molar-refractivity contribution is 0.0954. The molecule has 0 aliphatic carbocycles. The normalized spacial score (nSPS) is 10.4. The minimum Gasteiger partial charge on any atom is -0.506 e. The number of ether oxygens (including phenoxy) is 3. The molecule has 0 unspecified atom stereocenters. The number of phenols is 1. The van der Waals surface area contributed by atoms with Crippen LogP contribution in [0.25, 0.3) is 0 Å². The van der Waals surface area contributed by atoms with Gasteiger partial charge in [0.15, 0.2) is 11.5 Å². The molecule has 8 nitrogen and oxygen atoms in total. The Kier molecular flexibility index (Phi) is 8.21. The minimum absolute atomic E-state index is 0.0364. The lowest BCUT2D eigenvalue weighted by Gasteiger charge is -2.16. The molecule has 0 saturated heterocycles. The number of phenolic OH excluding ortho intramolecular Hbond substituents is 1. The fourth-order valence-corrected chi connectivity index (χ4v) is 3.51. The molecule has 2 amide bonds. The molecule has 0 aromatic heterocycles. The van der Waals surface area contributed by atoms with Gasteiger partial charge in [-0.25, -0.2) is 0 Å². The quantitative estimate of drug-likeness (QED) is 0.418. The predicted molar refractivity (Wildman–Crippen MR) is 130 cm³/mol. The zero-order valence-electron chi connectivity index (χ0n) is 19.0. The van der Waals surface area contributed by atoms with Crippen LogP contribution < -0.4 is 24.8 Å². The van der Waals surface area contributed by atoms with Gasteiger partial charge >= 0.3 is 0 Å². The summed E-state index contributed by atoms with van der Waals surface area (Å²) in [5, 5.41) is 15.2. The zero-order chi connectivity index (χ0) is 24.7. The Morgan fingerprint density at radius 3 is 2.24 bits per heavy atom. The van der Waals surface area contributed by atoms with Crippen LogP contribution in [0.1, 0.15) is 26.3 Å². The van der Waals surface area contributed by atoms with Gasteiger partial charge in [0.05, 0.1) is 37.6 Å². The van der Waals surface area contributed by atoms with Gasteiger partial charge in [0.1, 0.15) is 11.5 Å². The van der Waals surface area contributed by atoms with Crippen LogP contribution in [0.3, 0.4) is 0 Å². The maximum atomic E-state index is 13.1. The van der Waals surface area contributed by atoms with Crippen LogP contribution in [0.5, 0.6) is 23.0 Å². The second kappa shape index (κ2) is 11.3. The number of carbonyl (C=O) groups excluding carboxylic acids is 2. The van der Waals surface area contributed by atoms with E-state index in [1.54, 1.807) is 7.11 Å². The second-order valence-electron chi connectivity index (χ2n) is 7.19. The molecule has 9 heteroatoms. The molecule has 0 bridgehead atoms. The molecule has 0 radical (unpaired) electrons. The average molecular weight is 485 g/mol. The number of hydrogen-bond donors (Lipinski definition) is 3. The lowest BCUT2D eigenvalue weighted by atomic mass is 10.1.